The Morgan fingerprint density at radius 1 is 1.36 bits per heavy atom. The van der Waals surface area contributed by atoms with Gasteiger partial charge in [0.1, 0.15) is 0 Å². The molecule has 1 N–H and O–H groups in total. The van der Waals surface area contributed by atoms with Gasteiger partial charge < -0.3 is 10.0 Å². The summed E-state index contributed by atoms with van der Waals surface area (Å²) in [6.45, 7) is 4.76. The lowest BCUT2D eigenvalue weighted by molar-refractivity contribution is -0.143. The van der Waals surface area contributed by atoms with Crippen molar-refractivity contribution in [3.05, 3.63) is 48.8 Å². The minimum Gasteiger partial charge on any atom is -0.481 e. The number of thiophene rings is 2. The number of hydrogen-bond donors (Lipinski definition) is 1. The van der Waals surface area contributed by atoms with Crippen LogP contribution in [0.1, 0.15) is 34.6 Å². The van der Waals surface area contributed by atoms with E-state index in [1.165, 1.54) is 20.9 Å². The topological polar surface area (TPSA) is 40.5 Å². The minimum absolute atomic E-state index is 0.205. The Hall–Kier alpha value is -0.950. The van der Waals surface area contributed by atoms with Crippen molar-refractivity contribution < 1.29 is 9.90 Å². The lowest BCUT2D eigenvalue weighted by atomic mass is 9.98. The van der Waals surface area contributed by atoms with E-state index in [4.69, 9.17) is 0 Å². The van der Waals surface area contributed by atoms with Crippen molar-refractivity contribution >= 4 is 50.1 Å². The Bertz CT molecular complexity index is 723. The van der Waals surface area contributed by atoms with Gasteiger partial charge in [0.15, 0.2) is 0 Å². The molecule has 2 aromatic heterocycles. The molecule has 3 rings (SSSR count). The quantitative estimate of drug-likeness (QED) is 0.645. The molecule has 2 aromatic rings. The molecule has 1 unspecified atom stereocenters. The van der Waals surface area contributed by atoms with Crippen LogP contribution in [0.2, 0.25) is 0 Å². The second-order valence-electron chi connectivity index (χ2n) is 6.41. The zero-order valence-electron chi connectivity index (χ0n) is 14.2. The Kier molecular flexibility index (Phi) is 6.49. The predicted molar refractivity (Wildman–Crippen MR) is 110 cm³/mol. The first-order valence-electron chi connectivity index (χ1n) is 8.49. The molecule has 1 atom stereocenters. The molecule has 1 aliphatic rings. The highest BCUT2D eigenvalue weighted by atomic mass is 79.9. The van der Waals surface area contributed by atoms with Crippen molar-refractivity contribution in [3.63, 3.8) is 0 Å². The molecule has 0 aliphatic carbocycles. The summed E-state index contributed by atoms with van der Waals surface area (Å²) in [6.07, 6.45) is 5.04. The Morgan fingerprint density at radius 2 is 2.12 bits per heavy atom. The molecular formula is C19H22BrNO2S2. The first kappa shape index (κ1) is 18.8. The summed E-state index contributed by atoms with van der Waals surface area (Å²) in [4.78, 5) is 16.1. The summed E-state index contributed by atoms with van der Waals surface area (Å²) < 4.78 is 1.14. The van der Waals surface area contributed by atoms with E-state index in [0.29, 0.717) is 6.54 Å². The molecule has 0 amide bonds. The number of aliphatic carboxylic acids is 1. The third-order valence-corrected chi connectivity index (χ3v) is 7.54. The van der Waals surface area contributed by atoms with Crippen molar-refractivity contribution in [2.24, 2.45) is 5.92 Å². The maximum absolute atomic E-state index is 11.2. The summed E-state index contributed by atoms with van der Waals surface area (Å²) in [5.41, 5.74) is 2.60. The molecule has 134 valence electrons. The first-order valence-corrected chi connectivity index (χ1v) is 11.0. The number of piperidine rings is 1. The lowest BCUT2D eigenvalue weighted by Crippen LogP contribution is -2.39. The van der Waals surface area contributed by atoms with Crippen LogP contribution < -0.4 is 0 Å². The Labute approximate surface area is 165 Å². The van der Waals surface area contributed by atoms with Crippen LogP contribution in [-0.4, -0.2) is 35.6 Å². The number of nitrogens with zero attached hydrogens (tertiary/aromatic N) is 1. The largest absolute Gasteiger partial charge is 0.481 e. The van der Waals surface area contributed by atoms with Gasteiger partial charge in [-0.25, -0.2) is 0 Å². The third kappa shape index (κ3) is 4.61. The second kappa shape index (κ2) is 8.62. The highest BCUT2D eigenvalue weighted by molar-refractivity contribution is 9.10. The number of carbonyl (C=O) groups is 1. The van der Waals surface area contributed by atoms with Crippen LogP contribution in [0.15, 0.2) is 33.4 Å². The van der Waals surface area contributed by atoms with E-state index in [1.807, 2.05) is 0 Å². The van der Waals surface area contributed by atoms with Crippen LogP contribution in [0.4, 0.5) is 0 Å². The monoisotopic (exact) mass is 439 g/mol. The number of likely N-dealkylation sites (tertiary alicyclic amines) is 1. The maximum atomic E-state index is 11.2. The first-order chi connectivity index (χ1) is 12.1. The molecule has 25 heavy (non-hydrogen) atoms. The van der Waals surface area contributed by atoms with Crippen molar-refractivity contribution in [1.82, 2.24) is 4.90 Å². The average molecular weight is 440 g/mol. The van der Waals surface area contributed by atoms with Gasteiger partial charge in [0.25, 0.3) is 0 Å². The third-order valence-electron chi connectivity index (χ3n) is 4.62. The van der Waals surface area contributed by atoms with E-state index in [0.717, 1.165) is 36.8 Å². The van der Waals surface area contributed by atoms with Gasteiger partial charge >= 0.3 is 5.97 Å². The molecule has 0 aromatic carbocycles. The molecule has 1 aliphatic heterocycles. The number of hydrogen-bond acceptors (Lipinski definition) is 4. The molecule has 0 bridgehead atoms. The summed E-state index contributed by atoms with van der Waals surface area (Å²) in [7, 11) is 0. The normalized spacial score (nSPS) is 19.3. The zero-order valence-corrected chi connectivity index (χ0v) is 17.4. The molecule has 3 heterocycles. The van der Waals surface area contributed by atoms with Gasteiger partial charge in [-0.1, -0.05) is 6.08 Å². The number of halogens is 1. The van der Waals surface area contributed by atoms with Crippen LogP contribution in [0.5, 0.6) is 0 Å². The van der Waals surface area contributed by atoms with E-state index in [-0.39, 0.29) is 5.92 Å². The summed E-state index contributed by atoms with van der Waals surface area (Å²) in [5, 5.41) is 13.5. The summed E-state index contributed by atoms with van der Waals surface area (Å²) >= 11 is 7.20. The lowest BCUT2D eigenvalue weighted by Gasteiger charge is -2.30. The standard InChI is InChI=1S/C19H22BrNO2S2/c1-13-6-10-24-17(13)15(18-16(20)7-11-25-18)5-3-9-21-8-2-4-14(12-21)19(22)23/h5-7,10-11,14H,2-4,8-9,12H2,1H3,(H,22,23)/b15-5+. The van der Waals surface area contributed by atoms with E-state index < -0.39 is 5.97 Å². The van der Waals surface area contributed by atoms with Gasteiger partial charge in [-0.05, 0) is 77.1 Å². The molecule has 0 radical (unpaired) electrons. The Balaban J connectivity index is 1.73. The van der Waals surface area contributed by atoms with Crippen LogP contribution in [0, 0.1) is 12.8 Å². The predicted octanol–water partition coefficient (Wildman–Crippen LogP) is 5.50. The number of aryl methyl sites for hydroxylation is 1. The van der Waals surface area contributed by atoms with Crippen molar-refractivity contribution in [2.45, 2.75) is 26.2 Å². The fourth-order valence-corrected chi connectivity index (χ4v) is 5.95. The summed E-state index contributed by atoms with van der Waals surface area (Å²) in [6, 6.07) is 4.26. The molecule has 1 fully saturated rings. The minimum atomic E-state index is -0.655. The van der Waals surface area contributed by atoms with Gasteiger partial charge in [-0.2, -0.15) is 0 Å². The van der Waals surface area contributed by atoms with Gasteiger partial charge in [0, 0.05) is 32.9 Å². The number of carboxylic acids is 1. The maximum Gasteiger partial charge on any atom is 0.307 e. The van der Waals surface area contributed by atoms with Gasteiger partial charge in [-0.15, -0.1) is 22.7 Å². The number of carboxylic acid groups (broad SMARTS) is 1. The Morgan fingerprint density at radius 3 is 2.76 bits per heavy atom. The van der Waals surface area contributed by atoms with E-state index in [2.05, 4.69) is 56.7 Å². The summed E-state index contributed by atoms with van der Waals surface area (Å²) in [5.74, 6) is -0.860. The van der Waals surface area contributed by atoms with Crippen LogP contribution >= 0.6 is 38.6 Å². The fourth-order valence-electron chi connectivity index (χ4n) is 3.27. The van der Waals surface area contributed by atoms with E-state index >= 15 is 0 Å². The van der Waals surface area contributed by atoms with Gasteiger partial charge in [0.05, 0.1) is 5.92 Å². The molecule has 1 saturated heterocycles. The van der Waals surface area contributed by atoms with Crippen molar-refractivity contribution in [3.8, 4) is 0 Å². The van der Waals surface area contributed by atoms with Crippen molar-refractivity contribution in [2.75, 3.05) is 19.6 Å². The van der Waals surface area contributed by atoms with Crippen LogP contribution in [-0.2, 0) is 4.79 Å². The molecular weight excluding hydrogens is 418 g/mol. The van der Waals surface area contributed by atoms with Gasteiger partial charge in [0.2, 0.25) is 0 Å². The van der Waals surface area contributed by atoms with E-state index in [1.54, 1.807) is 22.7 Å². The number of rotatable bonds is 6. The molecule has 6 heteroatoms. The zero-order chi connectivity index (χ0) is 17.8. The van der Waals surface area contributed by atoms with Gasteiger partial charge in [-0.3, -0.25) is 4.79 Å². The molecule has 0 spiro atoms. The van der Waals surface area contributed by atoms with Crippen LogP contribution in [0.25, 0.3) is 5.57 Å². The SMILES string of the molecule is Cc1ccsc1/C(=C\CCN1CCCC(C(=O)O)C1)c1sccc1Br. The van der Waals surface area contributed by atoms with Crippen LogP contribution in [0.3, 0.4) is 0 Å². The average Bonchev–Trinajstić information content (AvgIpc) is 3.21. The highest BCUT2D eigenvalue weighted by Gasteiger charge is 2.24. The molecule has 3 nitrogen and oxygen atoms in total. The van der Waals surface area contributed by atoms with E-state index in [9.17, 15) is 9.90 Å². The second-order valence-corrected chi connectivity index (χ2v) is 9.10. The highest BCUT2D eigenvalue weighted by Crippen LogP contribution is 2.38. The smallest absolute Gasteiger partial charge is 0.307 e. The van der Waals surface area contributed by atoms with Crippen molar-refractivity contribution in [1.29, 1.82) is 0 Å². The fraction of sp³-hybridized carbons (Fsp3) is 0.421. The molecule has 0 saturated carbocycles.